The highest BCUT2D eigenvalue weighted by atomic mass is 16.7. The Kier molecular flexibility index (Phi) is 2.77. The molecule has 3 nitrogen and oxygen atoms in total. The van der Waals surface area contributed by atoms with Crippen molar-refractivity contribution < 1.29 is 9.63 Å². The van der Waals surface area contributed by atoms with Crippen LogP contribution in [0.15, 0.2) is 17.3 Å². The fourth-order valence-electron chi connectivity index (χ4n) is 1.95. The quantitative estimate of drug-likeness (QED) is 0.535. The van der Waals surface area contributed by atoms with Crippen molar-refractivity contribution in [2.24, 2.45) is 5.16 Å². The van der Waals surface area contributed by atoms with E-state index in [0.29, 0.717) is 0 Å². The van der Waals surface area contributed by atoms with Gasteiger partial charge in [-0.2, -0.15) is 0 Å². The summed E-state index contributed by atoms with van der Waals surface area (Å²) in [6, 6.07) is 4.32. The van der Waals surface area contributed by atoms with E-state index in [1.54, 1.807) is 0 Å². The molecule has 0 atom stereocenters. The summed E-state index contributed by atoms with van der Waals surface area (Å²) in [5.41, 5.74) is 5.86. The van der Waals surface area contributed by atoms with Crippen LogP contribution in [-0.2, 0) is 16.1 Å². The maximum atomic E-state index is 10.7. The number of hydrogen-bond acceptors (Lipinski definition) is 3. The van der Waals surface area contributed by atoms with Gasteiger partial charge in [0.1, 0.15) is 0 Å². The predicted octanol–water partition coefficient (Wildman–Crippen LogP) is 2.52. The van der Waals surface area contributed by atoms with E-state index < -0.39 is 0 Å². The lowest BCUT2D eigenvalue weighted by atomic mass is 10.0. The topological polar surface area (TPSA) is 38.7 Å². The summed E-state index contributed by atoms with van der Waals surface area (Å²) in [6.07, 6.45) is 1.84. The monoisotopic (exact) mass is 217 g/mol. The van der Waals surface area contributed by atoms with Gasteiger partial charge in [0.15, 0.2) is 0 Å². The number of carbonyl (C=O) groups is 1. The Morgan fingerprint density at radius 3 is 2.62 bits per heavy atom. The Morgan fingerprint density at radius 2 is 1.94 bits per heavy atom. The average molecular weight is 217 g/mol. The predicted molar refractivity (Wildman–Crippen MR) is 62.5 cm³/mol. The number of carbonyl (C=O) groups excluding carboxylic acids is 1. The van der Waals surface area contributed by atoms with Gasteiger partial charge in [0, 0.05) is 12.5 Å². The van der Waals surface area contributed by atoms with Gasteiger partial charge < -0.3 is 4.84 Å². The molecule has 2 rings (SSSR count). The Bertz CT molecular complexity index is 475. The van der Waals surface area contributed by atoms with Gasteiger partial charge in [-0.05, 0) is 49.4 Å². The van der Waals surface area contributed by atoms with E-state index in [9.17, 15) is 4.79 Å². The number of benzene rings is 1. The van der Waals surface area contributed by atoms with Gasteiger partial charge in [0.2, 0.25) is 0 Å². The number of nitrogens with zero attached hydrogens (tertiary/aromatic N) is 1. The third-order valence-electron chi connectivity index (χ3n) is 2.95. The minimum absolute atomic E-state index is 0.371. The van der Waals surface area contributed by atoms with Gasteiger partial charge in [-0.25, -0.2) is 4.79 Å². The van der Waals surface area contributed by atoms with Crippen molar-refractivity contribution in [2.45, 2.75) is 33.6 Å². The smallest absolute Gasteiger partial charge is 0.318 e. The lowest BCUT2D eigenvalue weighted by Gasteiger charge is -2.05. The highest BCUT2D eigenvalue weighted by molar-refractivity contribution is 6.04. The van der Waals surface area contributed by atoms with Crippen molar-refractivity contribution in [3.63, 3.8) is 0 Å². The van der Waals surface area contributed by atoms with Crippen molar-refractivity contribution in [2.75, 3.05) is 0 Å². The Morgan fingerprint density at radius 1 is 1.25 bits per heavy atom. The van der Waals surface area contributed by atoms with Gasteiger partial charge in [0.05, 0.1) is 5.71 Å². The van der Waals surface area contributed by atoms with Crippen LogP contribution in [0.4, 0.5) is 0 Å². The molecule has 0 saturated heterocycles. The molecule has 0 aliphatic heterocycles. The number of oxime groups is 1. The largest absolute Gasteiger partial charge is 0.331 e. The highest BCUT2D eigenvalue weighted by Gasteiger charge is 2.19. The molecule has 0 bridgehead atoms. The molecular formula is C13H15NO2. The molecule has 0 radical (unpaired) electrons. The molecule has 1 aromatic carbocycles. The Hall–Kier alpha value is -1.64. The molecule has 1 aliphatic carbocycles. The van der Waals surface area contributed by atoms with Crippen molar-refractivity contribution in [3.8, 4) is 0 Å². The van der Waals surface area contributed by atoms with E-state index in [2.05, 4.69) is 31.1 Å². The summed E-state index contributed by atoms with van der Waals surface area (Å²) >= 11 is 0. The molecule has 84 valence electrons. The van der Waals surface area contributed by atoms with E-state index in [1.807, 2.05) is 0 Å². The first-order valence-corrected chi connectivity index (χ1v) is 5.43. The van der Waals surface area contributed by atoms with E-state index in [0.717, 1.165) is 24.1 Å². The van der Waals surface area contributed by atoms with Crippen LogP contribution in [0.2, 0.25) is 0 Å². The van der Waals surface area contributed by atoms with E-state index in [-0.39, 0.29) is 5.97 Å². The number of aryl methyl sites for hydroxylation is 3. The van der Waals surface area contributed by atoms with Gasteiger partial charge >= 0.3 is 5.97 Å². The molecule has 0 unspecified atom stereocenters. The second kappa shape index (κ2) is 4.08. The summed E-state index contributed by atoms with van der Waals surface area (Å²) in [5.74, 6) is -0.371. The molecule has 0 amide bonds. The molecule has 0 fully saturated rings. The van der Waals surface area contributed by atoms with E-state index in [4.69, 9.17) is 4.84 Å². The highest BCUT2D eigenvalue weighted by Crippen LogP contribution is 2.25. The maximum absolute atomic E-state index is 10.7. The van der Waals surface area contributed by atoms with Crippen molar-refractivity contribution in [1.82, 2.24) is 0 Å². The van der Waals surface area contributed by atoms with Crippen LogP contribution < -0.4 is 0 Å². The van der Waals surface area contributed by atoms with Crippen LogP contribution in [0.25, 0.3) is 0 Å². The van der Waals surface area contributed by atoms with Crippen LogP contribution in [0.1, 0.15) is 35.6 Å². The van der Waals surface area contributed by atoms with Gasteiger partial charge in [0.25, 0.3) is 0 Å². The number of fused-ring (bicyclic) bond motifs is 1. The van der Waals surface area contributed by atoms with Gasteiger partial charge in [-0.15, -0.1) is 0 Å². The molecule has 0 spiro atoms. The van der Waals surface area contributed by atoms with Crippen LogP contribution in [0.3, 0.4) is 0 Å². The summed E-state index contributed by atoms with van der Waals surface area (Å²) in [6.45, 7) is 5.55. The molecule has 1 aliphatic rings. The summed E-state index contributed by atoms with van der Waals surface area (Å²) in [4.78, 5) is 15.4. The summed E-state index contributed by atoms with van der Waals surface area (Å²) in [5, 5.41) is 3.90. The first kappa shape index (κ1) is 10.9. The first-order chi connectivity index (χ1) is 7.58. The van der Waals surface area contributed by atoms with Crippen molar-refractivity contribution in [3.05, 3.63) is 34.4 Å². The first-order valence-electron chi connectivity index (χ1n) is 5.43. The molecule has 0 N–H and O–H groups in total. The van der Waals surface area contributed by atoms with Crippen LogP contribution in [-0.4, -0.2) is 11.7 Å². The van der Waals surface area contributed by atoms with Gasteiger partial charge in [-0.1, -0.05) is 11.2 Å². The molecule has 0 heterocycles. The van der Waals surface area contributed by atoms with Crippen molar-refractivity contribution in [1.29, 1.82) is 0 Å². The fraction of sp³-hybridized carbons (Fsp3) is 0.385. The second-order valence-corrected chi connectivity index (χ2v) is 4.21. The van der Waals surface area contributed by atoms with E-state index in [1.165, 1.54) is 23.6 Å². The maximum Gasteiger partial charge on any atom is 0.331 e. The van der Waals surface area contributed by atoms with Crippen molar-refractivity contribution >= 4 is 11.7 Å². The molecule has 1 aromatic rings. The van der Waals surface area contributed by atoms with Crippen LogP contribution in [0.5, 0.6) is 0 Å². The summed E-state index contributed by atoms with van der Waals surface area (Å²) in [7, 11) is 0. The molecule has 0 aromatic heterocycles. The minimum Gasteiger partial charge on any atom is -0.318 e. The van der Waals surface area contributed by atoms with E-state index >= 15 is 0 Å². The average Bonchev–Trinajstić information content (AvgIpc) is 2.58. The molecule has 3 heteroatoms. The second-order valence-electron chi connectivity index (χ2n) is 4.21. The third-order valence-corrected chi connectivity index (χ3v) is 2.95. The SMILES string of the molecule is CC(=O)O/N=C1/CCc2cc(C)c(C)cc21. The fourth-order valence-corrected chi connectivity index (χ4v) is 1.95. The zero-order chi connectivity index (χ0) is 11.7. The zero-order valence-corrected chi connectivity index (χ0v) is 9.83. The summed E-state index contributed by atoms with van der Waals surface area (Å²) < 4.78 is 0. The Balaban J connectivity index is 2.36. The standard InChI is InChI=1S/C13H15NO2/c1-8-6-11-4-5-13(14-16-10(3)15)12(11)7-9(8)2/h6-7H,4-5H2,1-3H3/b14-13-. The minimum atomic E-state index is -0.371. The van der Waals surface area contributed by atoms with Crippen LogP contribution >= 0.6 is 0 Å². The number of hydrogen-bond donors (Lipinski definition) is 0. The number of rotatable bonds is 1. The Labute approximate surface area is 95.1 Å². The van der Waals surface area contributed by atoms with Gasteiger partial charge in [-0.3, -0.25) is 0 Å². The lowest BCUT2D eigenvalue weighted by Crippen LogP contribution is -2.00. The van der Waals surface area contributed by atoms with Crippen LogP contribution in [0, 0.1) is 13.8 Å². The zero-order valence-electron chi connectivity index (χ0n) is 9.83. The molecular weight excluding hydrogens is 202 g/mol. The molecule has 0 saturated carbocycles. The third kappa shape index (κ3) is 1.98. The lowest BCUT2D eigenvalue weighted by molar-refractivity contribution is -0.140. The normalized spacial score (nSPS) is 16.3. The molecule has 16 heavy (non-hydrogen) atoms.